The minimum absolute atomic E-state index is 0.0185. The van der Waals surface area contributed by atoms with Crippen molar-refractivity contribution in [3.05, 3.63) is 23.8 Å². The number of nitrogens with one attached hydrogen (secondary N) is 1. The maximum absolute atomic E-state index is 13.4. The second-order valence-corrected chi connectivity index (χ2v) is 4.53. The first-order valence-electron chi connectivity index (χ1n) is 6.27. The molecule has 2 rings (SSSR count). The number of nitrogen functional groups attached to an aromatic ring is 1. The third-order valence-corrected chi connectivity index (χ3v) is 3.19. The van der Waals surface area contributed by atoms with E-state index in [4.69, 9.17) is 10.5 Å². The molecule has 0 radical (unpaired) electrons. The molecule has 0 heterocycles. The fraction of sp³-hybridized carbons (Fsp3) is 0.538. The molecule has 0 unspecified atom stereocenters. The SMILES string of the molecule is Nc1ccc(F)c(F)c1NCCOC1CCCC1. The zero-order chi connectivity index (χ0) is 13.0. The highest BCUT2D eigenvalue weighted by atomic mass is 19.2. The molecule has 0 atom stereocenters. The average Bonchev–Trinajstić information content (AvgIpc) is 2.86. The van der Waals surface area contributed by atoms with E-state index in [9.17, 15) is 8.78 Å². The van der Waals surface area contributed by atoms with Crippen LogP contribution >= 0.6 is 0 Å². The summed E-state index contributed by atoms with van der Waals surface area (Å²) in [5.74, 6) is -1.83. The first-order valence-corrected chi connectivity index (χ1v) is 6.27. The number of ether oxygens (including phenoxy) is 1. The van der Waals surface area contributed by atoms with Crippen LogP contribution in [0.15, 0.2) is 12.1 Å². The van der Waals surface area contributed by atoms with Crippen molar-refractivity contribution in [3.8, 4) is 0 Å². The second kappa shape index (κ2) is 6.00. The lowest BCUT2D eigenvalue weighted by atomic mass is 10.2. The molecule has 1 saturated carbocycles. The summed E-state index contributed by atoms with van der Waals surface area (Å²) < 4.78 is 32.1. The monoisotopic (exact) mass is 256 g/mol. The smallest absolute Gasteiger partial charge is 0.183 e. The Hall–Kier alpha value is -1.36. The van der Waals surface area contributed by atoms with Gasteiger partial charge in [-0.05, 0) is 25.0 Å². The van der Waals surface area contributed by atoms with Gasteiger partial charge in [0.1, 0.15) is 0 Å². The zero-order valence-electron chi connectivity index (χ0n) is 10.2. The quantitative estimate of drug-likeness (QED) is 0.629. The van der Waals surface area contributed by atoms with E-state index in [0.717, 1.165) is 18.9 Å². The Labute approximate surface area is 105 Å². The molecular weight excluding hydrogens is 238 g/mol. The van der Waals surface area contributed by atoms with Crippen LogP contribution in [-0.4, -0.2) is 19.3 Å². The van der Waals surface area contributed by atoms with Crippen molar-refractivity contribution in [2.75, 3.05) is 24.2 Å². The van der Waals surface area contributed by atoms with Gasteiger partial charge < -0.3 is 15.8 Å². The first kappa shape index (κ1) is 13.1. The van der Waals surface area contributed by atoms with Gasteiger partial charge in [0.2, 0.25) is 0 Å². The molecule has 5 heteroatoms. The number of benzene rings is 1. The summed E-state index contributed by atoms with van der Waals surface area (Å²) >= 11 is 0. The second-order valence-electron chi connectivity index (χ2n) is 4.53. The number of hydrogen-bond acceptors (Lipinski definition) is 3. The van der Waals surface area contributed by atoms with Crippen LogP contribution in [0, 0.1) is 11.6 Å². The van der Waals surface area contributed by atoms with E-state index < -0.39 is 11.6 Å². The van der Waals surface area contributed by atoms with E-state index in [1.165, 1.54) is 18.9 Å². The lowest BCUT2D eigenvalue weighted by Gasteiger charge is -2.13. The van der Waals surface area contributed by atoms with Crippen LogP contribution in [0.3, 0.4) is 0 Å². The minimum Gasteiger partial charge on any atom is -0.397 e. The molecule has 0 saturated heterocycles. The molecule has 0 spiro atoms. The van der Waals surface area contributed by atoms with Gasteiger partial charge in [0.15, 0.2) is 11.6 Å². The fourth-order valence-corrected chi connectivity index (χ4v) is 2.20. The van der Waals surface area contributed by atoms with Crippen LogP contribution in [0.25, 0.3) is 0 Å². The first-order chi connectivity index (χ1) is 8.68. The molecule has 3 nitrogen and oxygen atoms in total. The van der Waals surface area contributed by atoms with Crippen LogP contribution in [0.4, 0.5) is 20.2 Å². The predicted molar refractivity (Wildman–Crippen MR) is 67.5 cm³/mol. The normalized spacial score (nSPS) is 16.1. The average molecular weight is 256 g/mol. The van der Waals surface area contributed by atoms with Crippen molar-refractivity contribution in [1.82, 2.24) is 0 Å². The van der Waals surface area contributed by atoms with Gasteiger partial charge in [0.25, 0.3) is 0 Å². The largest absolute Gasteiger partial charge is 0.397 e. The van der Waals surface area contributed by atoms with Crippen molar-refractivity contribution in [3.63, 3.8) is 0 Å². The van der Waals surface area contributed by atoms with Gasteiger partial charge >= 0.3 is 0 Å². The van der Waals surface area contributed by atoms with Crippen LogP contribution in [0.1, 0.15) is 25.7 Å². The Kier molecular flexibility index (Phi) is 4.36. The van der Waals surface area contributed by atoms with Gasteiger partial charge in [-0.3, -0.25) is 0 Å². The molecule has 18 heavy (non-hydrogen) atoms. The topological polar surface area (TPSA) is 47.3 Å². The Bertz CT molecular complexity index is 406. The molecular formula is C13H18F2N2O. The highest BCUT2D eigenvalue weighted by Crippen LogP contribution is 2.24. The standard InChI is InChI=1S/C13H18F2N2O/c14-10-5-6-11(16)13(12(10)15)17-7-8-18-9-3-1-2-4-9/h5-6,9,17H,1-4,7-8,16H2. The van der Waals surface area contributed by atoms with Gasteiger partial charge in [-0.25, -0.2) is 8.78 Å². The van der Waals surface area contributed by atoms with Gasteiger partial charge in [0.05, 0.1) is 24.1 Å². The molecule has 1 aliphatic rings. The third kappa shape index (κ3) is 3.10. The van der Waals surface area contributed by atoms with Crippen molar-refractivity contribution >= 4 is 11.4 Å². The molecule has 1 aromatic rings. The Morgan fingerprint density at radius 1 is 1.28 bits per heavy atom. The van der Waals surface area contributed by atoms with E-state index in [0.29, 0.717) is 19.3 Å². The highest BCUT2D eigenvalue weighted by Gasteiger charge is 2.15. The Morgan fingerprint density at radius 3 is 2.72 bits per heavy atom. The van der Waals surface area contributed by atoms with Gasteiger partial charge in [0, 0.05) is 6.54 Å². The lowest BCUT2D eigenvalue weighted by molar-refractivity contribution is 0.0659. The predicted octanol–water partition coefficient (Wildman–Crippen LogP) is 2.92. The number of rotatable bonds is 5. The number of nitrogens with two attached hydrogens (primary N) is 1. The number of anilines is 2. The minimum atomic E-state index is -0.934. The van der Waals surface area contributed by atoms with Crippen molar-refractivity contribution in [2.45, 2.75) is 31.8 Å². The summed E-state index contributed by atoms with van der Waals surface area (Å²) in [6, 6.07) is 2.36. The molecule has 1 aliphatic carbocycles. The van der Waals surface area contributed by atoms with Crippen LogP contribution in [0.5, 0.6) is 0 Å². The summed E-state index contributed by atoms with van der Waals surface area (Å²) in [4.78, 5) is 0. The summed E-state index contributed by atoms with van der Waals surface area (Å²) in [6.45, 7) is 0.890. The molecule has 3 N–H and O–H groups in total. The summed E-state index contributed by atoms with van der Waals surface area (Å²) in [7, 11) is 0. The maximum Gasteiger partial charge on any atom is 0.183 e. The number of halogens is 2. The van der Waals surface area contributed by atoms with Gasteiger partial charge in [-0.15, -0.1) is 0 Å². The van der Waals surface area contributed by atoms with Crippen molar-refractivity contribution < 1.29 is 13.5 Å². The summed E-state index contributed by atoms with van der Waals surface area (Å²) in [5.41, 5.74) is 5.81. The van der Waals surface area contributed by atoms with E-state index in [2.05, 4.69) is 5.32 Å². The number of hydrogen-bond donors (Lipinski definition) is 2. The third-order valence-electron chi connectivity index (χ3n) is 3.19. The van der Waals surface area contributed by atoms with Crippen molar-refractivity contribution in [2.24, 2.45) is 0 Å². The summed E-state index contributed by atoms with van der Waals surface area (Å²) in [6.07, 6.45) is 4.93. The van der Waals surface area contributed by atoms with Crippen LogP contribution < -0.4 is 11.1 Å². The molecule has 0 bridgehead atoms. The molecule has 1 aromatic carbocycles. The van der Waals surface area contributed by atoms with Crippen molar-refractivity contribution in [1.29, 1.82) is 0 Å². The Morgan fingerprint density at radius 2 is 2.00 bits per heavy atom. The lowest BCUT2D eigenvalue weighted by Crippen LogP contribution is -2.16. The molecule has 0 amide bonds. The van der Waals surface area contributed by atoms with Gasteiger partial charge in [-0.1, -0.05) is 12.8 Å². The maximum atomic E-state index is 13.4. The molecule has 100 valence electrons. The van der Waals surface area contributed by atoms with E-state index in [1.807, 2.05) is 0 Å². The highest BCUT2D eigenvalue weighted by molar-refractivity contribution is 5.66. The Balaban J connectivity index is 1.80. The van der Waals surface area contributed by atoms with E-state index >= 15 is 0 Å². The molecule has 0 aliphatic heterocycles. The van der Waals surface area contributed by atoms with Gasteiger partial charge in [-0.2, -0.15) is 0 Å². The molecule has 0 aromatic heterocycles. The fourth-order valence-electron chi connectivity index (χ4n) is 2.20. The van der Waals surface area contributed by atoms with E-state index in [1.54, 1.807) is 0 Å². The van der Waals surface area contributed by atoms with Crippen LogP contribution in [0.2, 0.25) is 0 Å². The summed E-state index contributed by atoms with van der Waals surface area (Å²) in [5, 5.41) is 2.78. The van der Waals surface area contributed by atoms with Crippen LogP contribution in [-0.2, 0) is 4.74 Å². The van der Waals surface area contributed by atoms with E-state index in [-0.39, 0.29) is 11.4 Å². The molecule has 1 fully saturated rings. The zero-order valence-corrected chi connectivity index (χ0v) is 10.2.